The van der Waals surface area contributed by atoms with E-state index >= 15 is 0 Å². The van der Waals surface area contributed by atoms with Crippen molar-refractivity contribution in [1.82, 2.24) is 10.2 Å². The number of likely N-dealkylation sites (tertiary alicyclic amines) is 1. The monoisotopic (exact) mass is 429 g/mol. The van der Waals surface area contributed by atoms with Crippen molar-refractivity contribution in [2.45, 2.75) is 83.9 Å². The van der Waals surface area contributed by atoms with E-state index in [0.29, 0.717) is 12.0 Å². The summed E-state index contributed by atoms with van der Waals surface area (Å²) in [5.41, 5.74) is 0.458. The number of rotatable bonds is 5. The van der Waals surface area contributed by atoms with Gasteiger partial charge in [-0.3, -0.25) is 4.79 Å². The van der Waals surface area contributed by atoms with Crippen LogP contribution in [0.4, 0.5) is 0 Å². The molecule has 2 atom stereocenters. The number of ether oxygens (including phenoxy) is 1. The Kier molecular flexibility index (Phi) is 6.00. The molecule has 1 aromatic heterocycles. The quantitative estimate of drug-likeness (QED) is 0.768. The number of nitriles is 1. The molecule has 3 aliphatic rings. The number of nitrogens with one attached hydrogen (secondary N) is 1. The van der Waals surface area contributed by atoms with E-state index in [0.717, 1.165) is 58.2 Å². The SMILES string of the molecule is CCc1cc2c(s1)CCO[C@@]21CCN(C[C@H]2C[C@@H](NC(=O)C(C)(C)C#N)C2)[C@@H](C)C1. The molecule has 3 heterocycles. The normalized spacial score (nSPS) is 31.6. The minimum Gasteiger partial charge on any atom is -0.370 e. The highest BCUT2D eigenvalue weighted by molar-refractivity contribution is 7.12. The highest BCUT2D eigenvalue weighted by Gasteiger charge is 2.45. The Morgan fingerprint density at radius 1 is 1.47 bits per heavy atom. The highest BCUT2D eigenvalue weighted by Crippen LogP contribution is 2.46. The van der Waals surface area contributed by atoms with Gasteiger partial charge in [-0.1, -0.05) is 6.92 Å². The first kappa shape index (κ1) is 21.8. The second kappa shape index (κ2) is 8.26. The van der Waals surface area contributed by atoms with Gasteiger partial charge < -0.3 is 15.0 Å². The van der Waals surface area contributed by atoms with Crippen molar-refractivity contribution in [3.8, 4) is 6.07 Å². The van der Waals surface area contributed by atoms with Crippen molar-refractivity contribution in [2.24, 2.45) is 11.3 Å². The van der Waals surface area contributed by atoms with Crippen molar-refractivity contribution < 1.29 is 9.53 Å². The molecule has 164 valence electrons. The summed E-state index contributed by atoms with van der Waals surface area (Å²) in [6, 6.07) is 5.23. The molecule has 1 N–H and O–H groups in total. The van der Waals surface area contributed by atoms with Gasteiger partial charge in [-0.2, -0.15) is 5.26 Å². The van der Waals surface area contributed by atoms with E-state index in [2.05, 4.69) is 36.2 Å². The lowest BCUT2D eigenvalue weighted by atomic mass is 9.76. The van der Waals surface area contributed by atoms with E-state index in [1.807, 2.05) is 11.3 Å². The summed E-state index contributed by atoms with van der Waals surface area (Å²) < 4.78 is 6.46. The molecular formula is C24H35N3O2S. The maximum absolute atomic E-state index is 12.2. The van der Waals surface area contributed by atoms with Gasteiger partial charge in [0.1, 0.15) is 5.41 Å². The first-order valence-electron chi connectivity index (χ1n) is 11.5. The minimum atomic E-state index is -0.946. The highest BCUT2D eigenvalue weighted by atomic mass is 32.1. The van der Waals surface area contributed by atoms with Crippen LogP contribution in [0.3, 0.4) is 0 Å². The van der Waals surface area contributed by atoms with Gasteiger partial charge in [0.2, 0.25) is 5.91 Å². The van der Waals surface area contributed by atoms with E-state index in [1.165, 1.54) is 10.4 Å². The Balaban J connectivity index is 1.30. The molecule has 0 aromatic carbocycles. The number of carbonyl (C=O) groups is 1. The Morgan fingerprint density at radius 3 is 2.90 bits per heavy atom. The van der Waals surface area contributed by atoms with Crippen LogP contribution in [-0.2, 0) is 28.0 Å². The average Bonchev–Trinajstić information content (AvgIpc) is 3.13. The third kappa shape index (κ3) is 4.04. The molecule has 0 bridgehead atoms. The lowest BCUT2D eigenvalue weighted by molar-refractivity contribution is -0.129. The number of fused-ring (bicyclic) bond motifs is 2. The average molecular weight is 430 g/mol. The zero-order valence-electron chi connectivity index (χ0n) is 18.8. The van der Waals surface area contributed by atoms with Gasteiger partial charge in [0, 0.05) is 41.3 Å². The number of carbonyl (C=O) groups excluding carboxylic acids is 1. The predicted octanol–water partition coefficient (Wildman–Crippen LogP) is 4.01. The minimum absolute atomic E-state index is 0.0770. The molecule has 1 saturated heterocycles. The van der Waals surface area contributed by atoms with Crippen molar-refractivity contribution in [2.75, 3.05) is 19.7 Å². The third-order valence-corrected chi connectivity index (χ3v) is 8.71. The smallest absolute Gasteiger partial charge is 0.240 e. The van der Waals surface area contributed by atoms with Crippen LogP contribution in [0.1, 0.15) is 68.7 Å². The summed E-state index contributed by atoms with van der Waals surface area (Å²) in [5.74, 6) is 0.488. The van der Waals surface area contributed by atoms with Crippen molar-refractivity contribution in [3.05, 3.63) is 21.4 Å². The van der Waals surface area contributed by atoms with Crippen LogP contribution in [0.5, 0.6) is 0 Å². The summed E-state index contributed by atoms with van der Waals surface area (Å²) in [7, 11) is 0. The van der Waals surface area contributed by atoms with Gasteiger partial charge in [0.15, 0.2) is 0 Å². The Morgan fingerprint density at radius 2 is 2.23 bits per heavy atom. The maximum atomic E-state index is 12.2. The third-order valence-electron chi connectivity index (χ3n) is 7.37. The zero-order valence-corrected chi connectivity index (χ0v) is 19.6. The number of hydrogen-bond donors (Lipinski definition) is 1. The molecule has 1 saturated carbocycles. The van der Waals surface area contributed by atoms with E-state index < -0.39 is 5.41 Å². The first-order chi connectivity index (χ1) is 14.3. The summed E-state index contributed by atoms with van der Waals surface area (Å²) in [6.45, 7) is 11.0. The van der Waals surface area contributed by atoms with Gasteiger partial charge in [0.25, 0.3) is 0 Å². The maximum Gasteiger partial charge on any atom is 0.240 e. The molecule has 0 unspecified atom stereocenters. The fourth-order valence-electron chi connectivity index (χ4n) is 5.30. The Bertz CT molecular complexity index is 836. The molecular weight excluding hydrogens is 394 g/mol. The van der Waals surface area contributed by atoms with Crippen LogP contribution >= 0.6 is 11.3 Å². The van der Waals surface area contributed by atoms with E-state index in [9.17, 15) is 4.79 Å². The van der Waals surface area contributed by atoms with Gasteiger partial charge >= 0.3 is 0 Å². The standard InChI is InChI=1S/C24H35N3O2S/c1-5-19-12-20-21(30-19)6-9-29-24(20)7-8-27(16(2)13-24)14-17-10-18(11-17)26-22(28)23(3,4)15-25/h12,16-18H,5-11,13-14H2,1-4H3,(H,26,28)/t16-,17-,18+,24+/m0/s1. The summed E-state index contributed by atoms with van der Waals surface area (Å²) in [6.07, 6.45) is 6.37. The van der Waals surface area contributed by atoms with E-state index in [4.69, 9.17) is 10.00 Å². The number of piperidine rings is 1. The van der Waals surface area contributed by atoms with E-state index in [1.54, 1.807) is 18.7 Å². The molecule has 6 heteroatoms. The van der Waals surface area contributed by atoms with Crippen LogP contribution in [-0.4, -0.2) is 42.6 Å². The number of nitrogens with zero attached hydrogens (tertiary/aromatic N) is 2. The molecule has 4 rings (SSSR count). The lowest BCUT2D eigenvalue weighted by Gasteiger charge is -2.49. The fraction of sp³-hybridized carbons (Fsp3) is 0.750. The topological polar surface area (TPSA) is 65.4 Å². The largest absolute Gasteiger partial charge is 0.370 e. The van der Waals surface area contributed by atoms with Crippen LogP contribution in [0.2, 0.25) is 0 Å². The number of aryl methyl sites for hydroxylation is 1. The van der Waals surface area contributed by atoms with Crippen LogP contribution in [0, 0.1) is 22.7 Å². The molecule has 1 aliphatic carbocycles. The predicted molar refractivity (Wildman–Crippen MR) is 119 cm³/mol. The molecule has 1 spiro atoms. The molecule has 1 aromatic rings. The van der Waals surface area contributed by atoms with Gasteiger partial charge in [-0.05, 0) is 70.4 Å². The van der Waals surface area contributed by atoms with Gasteiger partial charge in [-0.15, -0.1) is 11.3 Å². The Labute approximate surface area is 184 Å². The number of amides is 1. The van der Waals surface area contributed by atoms with Crippen molar-refractivity contribution >= 4 is 17.2 Å². The van der Waals surface area contributed by atoms with Crippen LogP contribution in [0.25, 0.3) is 0 Å². The van der Waals surface area contributed by atoms with Crippen molar-refractivity contribution in [1.29, 1.82) is 5.26 Å². The summed E-state index contributed by atoms with van der Waals surface area (Å²) >= 11 is 1.99. The summed E-state index contributed by atoms with van der Waals surface area (Å²) in [4.78, 5) is 17.8. The second-order valence-corrected chi connectivity index (χ2v) is 11.3. The lowest BCUT2D eigenvalue weighted by Crippen LogP contribution is -2.55. The number of hydrogen-bond acceptors (Lipinski definition) is 5. The first-order valence-corrected chi connectivity index (χ1v) is 12.3. The molecule has 1 amide bonds. The van der Waals surface area contributed by atoms with Crippen LogP contribution < -0.4 is 5.32 Å². The Hall–Kier alpha value is -1.42. The van der Waals surface area contributed by atoms with Crippen LogP contribution in [0.15, 0.2) is 6.07 Å². The fourth-order valence-corrected chi connectivity index (χ4v) is 6.48. The number of thiophene rings is 1. The molecule has 0 radical (unpaired) electrons. The van der Waals surface area contributed by atoms with E-state index in [-0.39, 0.29) is 17.6 Å². The molecule has 2 aliphatic heterocycles. The molecule has 2 fully saturated rings. The van der Waals surface area contributed by atoms with Crippen molar-refractivity contribution in [3.63, 3.8) is 0 Å². The van der Waals surface area contributed by atoms with Gasteiger partial charge in [0.05, 0.1) is 18.3 Å². The van der Waals surface area contributed by atoms with Gasteiger partial charge in [-0.25, -0.2) is 0 Å². The zero-order chi connectivity index (χ0) is 21.5. The summed E-state index contributed by atoms with van der Waals surface area (Å²) in [5, 5.41) is 12.2. The molecule has 30 heavy (non-hydrogen) atoms. The molecule has 5 nitrogen and oxygen atoms in total. The second-order valence-electron chi connectivity index (χ2n) is 10.0.